The molecule has 1 fully saturated rings. The van der Waals surface area contributed by atoms with Gasteiger partial charge in [0.2, 0.25) is 5.95 Å². The first-order valence-electron chi connectivity index (χ1n) is 10.4. The summed E-state index contributed by atoms with van der Waals surface area (Å²) in [4.78, 5) is 20.0. The van der Waals surface area contributed by atoms with Gasteiger partial charge in [-0.15, -0.1) is 0 Å². The topological polar surface area (TPSA) is 123 Å². The highest BCUT2D eigenvalue weighted by molar-refractivity contribution is 5.77. The van der Waals surface area contributed by atoms with E-state index in [1.54, 1.807) is 38.6 Å². The van der Waals surface area contributed by atoms with E-state index in [4.69, 9.17) is 25.7 Å². The second kappa shape index (κ2) is 9.49. The van der Waals surface area contributed by atoms with Gasteiger partial charge in [-0.2, -0.15) is 4.98 Å². The number of nitrogen functional groups attached to an aromatic ring is 2. The molecule has 0 amide bonds. The second-order valence-corrected chi connectivity index (χ2v) is 7.67. The van der Waals surface area contributed by atoms with Crippen LogP contribution in [-0.4, -0.2) is 30.2 Å². The number of nitrogens with two attached hydrogens (primary N) is 2. The van der Waals surface area contributed by atoms with Crippen LogP contribution in [0.2, 0.25) is 0 Å². The third-order valence-corrected chi connectivity index (χ3v) is 5.15. The first-order valence-corrected chi connectivity index (χ1v) is 10.4. The van der Waals surface area contributed by atoms with Gasteiger partial charge >= 0.3 is 5.97 Å². The zero-order chi connectivity index (χ0) is 23.4. The quantitative estimate of drug-likeness (QED) is 0.338. The first-order chi connectivity index (χ1) is 16.0. The number of rotatable bonds is 6. The Bertz CT molecular complexity index is 1260. The van der Waals surface area contributed by atoms with Crippen LogP contribution in [-0.2, 0) is 11.2 Å². The van der Waals surface area contributed by atoms with Crippen LogP contribution < -0.4 is 25.7 Å². The molecule has 1 heterocycles. The molecule has 0 saturated heterocycles. The van der Waals surface area contributed by atoms with Crippen LogP contribution in [0.3, 0.4) is 0 Å². The standard InChI is InChI=1S/C25H24N4O4/c1-31-21-13-16(11-19-14-28-25(27)29-23(19)26)10-18(22(21)32-2)7-6-15-4-3-5-20(12-15)33-24(30)17-8-9-17/h3-5,10,12-14,17H,8-9,11H2,1-2H3,(H4,26,27,28,29). The molecule has 0 unspecified atom stereocenters. The highest BCUT2D eigenvalue weighted by Crippen LogP contribution is 2.34. The lowest BCUT2D eigenvalue weighted by Gasteiger charge is -2.13. The van der Waals surface area contributed by atoms with Crippen molar-refractivity contribution in [1.29, 1.82) is 0 Å². The summed E-state index contributed by atoms with van der Waals surface area (Å²) < 4.78 is 16.5. The normalized spacial score (nSPS) is 12.4. The summed E-state index contributed by atoms with van der Waals surface area (Å²) >= 11 is 0. The number of ether oxygens (including phenoxy) is 3. The minimum absolute atomic E-state index is 0.0275. The Morgan fingerprint density at radius 3 is 2.64 bits per heavy atom. The number of anilines is 2. The molecule has 33 heavy (non-hydrogen) atoms. The lowest BCUT2D eigenvalue weighted by Crippen LogP contribution is -2.09. The van der Waals surface area contributed by atoms with Crippen molar-refractivity contribution < 1.29 is 19.0 Å². The van der Waals surface area contributed by atoms with E-state index in [-0.39, 0.29) is 17.8 Å². The predicted molar refractivity (Wildman–Crippen MR) is 124 cm³/mol. The molecule has 3 aromatic rings. The monoisotopic (exact) mass is 444 g/mol. The minimum atomic E-state index is -0.190. The second-order valence-electron chi connectivity index (χ2n) is 7.67. The molecule has 4 N–H and O–H groups in total. The summed E-state index contributed by atoms with van der Waals surface area (Å²) in [6.07, 6.45) is 3.86. The van der Waals surface area contributed by atoms with Crippen molar-refractivity contribution >= 4 is 17.7 Å². The van der Waals surface area contributed by atoms with E-state index in [9.17, 15) is 4.79 Å². The molecular formula is C25H24N4O4. The Balaban J connectivity index is 1.64. The van der Waals surface area contributed by atoms with Gasteiger partial charge in [-0.05, 0) is 48.7 Å². The number of esters is 1. The number of methoxy groups -OCH3 is 2. The average molecular weight is 444 g/mol. The third-order valence-electron chi connectivity index (χ3n) is 5.15. The molecule has 0 aliphatic heterocycles. The molecule has 1 aromatic heterocycles. The van der Waals surface area contributed by atoms with Crippen LogP contribution >= 0.6 is 0 Å². The van der Waals surface area contributed by atoms with Gasteiger partial charge in [0.15, 0.2) is 11.5 Å². The number of carbonyl (C=O) groups excluding carboxylic acids is 1. The van der Waals surface area contributed by atoms with Crippen LogP contribution in [0.1, 0.15) is 35.1 Å². The summed E-state index contributed by atoms with van der Waals surface area (Å²) in [6.45, 7) is 0. The van der Waals surface area contributed by atoms with Crippen molar-refractivity contribution in [2.75, 3.05) is 25.7 Å². The summed E-state index contributed by atoms with van der Waals surface area (Å²) in [5.74, 6) is 8.09. The zero-order valence-electron chi connectivity index (χ0n) is 18.4. The first kappa shape index (κ1) is 22.0. The van der Waals surface area contributed by atoms with Gasteiger partial charge in [-0.1, -0.05) is 17.9 Å². The number of aromatic nitrogens is 2. The van der Waals surface area contributed by atoms with Crippen LogP contribution in [0.25, 0.3) is 0 Å². The van der Waals surface area contributed by atoms with E-state index in [2.05, 4.69) is 21.8 Å². The highest BCUT2D eigenvalue weighted by Gasteiger charge is 2.31. The molecule has 1 aliphatic rings. The summed E-state index contributed by atoms with van der Waals surface area (Å²) in [7, 11) is 3.13. The Hall–Kier alpha value is -4.25. The van der Waals surface area contributed by atoms with Gasteiger partial charge in [0.1, 0.15) is 11.6 Å². The van der Waals surface area contributed by atoms with E-state index >= 15 is 0 Å². The fourth-order valence-corrected chi connectivity index (χ4v) is 3.30. The molecule has 168 valence electrons. The van der Waals surface area contributed by atoms with E-state index in [0.29, 0.717) is 40.6 Å². The van der Waals surface area contributed by atoms with Crippen LogP contribution in [0, 0.1) is 17.8 Å². The van der Waals surface area contributed by atoms with Crippen molar-refractivity contribution in [2.45, 2.75) is 19.3 Å². The molecule has 1 aliphatic carbocycles. The van der Waals surface area contributed by atoms with E-state index < -0.39 is 0 Å². The molecule has 0 atom stereocenters. The summed E-state index contributed by atoms with van der Waals surface area (Å²) in [6, 6.07) is 10.9. The Morgan fingerprint density at radius 2 is 1.94 bits per heavy atom. The van der Waals surface area contributed by atoms with Gasteiger partial charge in [0.05, 0.1) is 25.7 Å². The van der Waals surface area contributed by atoms with Gasteiger partial charge < -0.3 is 25.7 Å². The maximum atomic E-state index is 11.9. The fourth-order valence-electron chi connectivity index (χ4n) is 3.30. The van der Waals surface area contributed by atoms with Gasteiger partial charge in [0.25, 0.3) is 0 Å². The van der Waals surface area contributed by atoms with Crippen molar-refractivity contribution in [3.05, 3.63) is 64.8 Å². The Kier molecular flexibility index (Phi) is 6.31. The highest BCUT2D eigenvalue weighted by atomic mass is 16.5. The molecule has 4 rings (SSSR count). The van der Waals surface area contributed by atoms with Crippen molar-refractivity contribution in [2.24, 2.45) is 5.92 Å². The maximum Gasteiger partial charge on any atom is 0.314 e. The smallest absolute Gasteiger partial charge is 0.314 e. The molecule has 1 saturated carbocycles. The molecule has 2 aromatic carbocycles. The van der Waals surface area contributed by atoms with Crippen LogP contribution in [0.15, 0.2) is 42.6 Å². The van der Waals surface area contributed by atoms with Crippen molar-refractivity contribution in [3.63, 3.8) is 0 Å². The van der Waals surface area contributed by atoms with Crippen LogP contribution in [0.4, 0.5) is 11.8 Å². The molecule has 8 heteroatoms. The van der Waals surface area contributed by atoms with Gasteiger partial charge in [-0.25, -0.2) is 4.98 Å². The minimum Gasteiger partial charge on any atom is -0.493 e. The van der Waals surface area contributed by atoms with Crippen molar-refractivity contribution in [3.8, 4) is 29.1 Å². The van der Waals surface area contributed by atoms with E-state index in [1.165, 1.54) is 0 Å². The summed E-state index contributed by atoms with van der Waals surface area (Å²) in [5, 5.41) is 0. The lowest BCUT2D eigenvalue weighted by atomic mass is 10.0. The largest absolute Gasteiger partial charge is 0.493 e. The van der Waals surface area contributed by atoms with E-state index in [1.807, 2.05) is 18.2 Å². The van der Waals surface area contributed by atoms with Gasteiger partial charge in [-0.3, -0.25) is 4.79 Å². The number of carbonyl (C=O) groups is 1. The predicted octanol–water partition coefficient (Wildman–Crippen LogP) is 2.96. The summed E-state index contributed by atoms with van der Waals surface area (Å²) in [5.41, 5.74) is 14.6. The maximum absolute atomic E-state index is 11.9. The number of nitrogens with zero attached hydrogens (tertiary/aromatic N) is 2. The third kappa shape index (κ3) is 5.33. The average Bonchev–Trinajstić information content (AvgIpc) is 3.65. The van der Waals surface area contributed by atoms with E-state index in [0.717, 1.165) is 24.0 Å². The number of hydrogen-bond donors (Lipinski definition) is 2. The Morgan fingerprint density at radius 1 is 1.12 bits per heavy atom. The number of hydrogen-bond acceptors (Lipinski definition) is 8. The van der Waals surface area contributed by atoms with Crippen LogP contribution in [0.5, 0.6) is 17.2 Å². The Labute approximate surface area is 191 Å². The van der Waals surface area contributed by atoms with Crippen molar-refractivity contribution in [1.82, 2.24) is 9.97 Å². The fraction of sp³-hybridized carbons (Fsp3) is 0.240. The molecule has 8 nitrogen and oxygen atoms in total. The number of benzene rings is 2. The zero-order valence-corrected chi connectivity index (χ0v) is 18.4. The molecular weight excluding hydrogens is 420 g/mol. The SMILES string of the molecule is COc1cc(Cc2cnc(N)nc2N)cc(C#Cc2cccc(OC(=O)C3CC3)c2)c1OC. The molecule has 0 radical (unpaired) electrons. The van der Waals surface area contributed by atoms with Gasteiger partial charge in [0, 0.05) is 23.7 Å². The lowest BCUT2D eigenvalue weighted by molar-refractivity contribution is -0.135. The molecule has 0 bridgehead atoms. The molecule has 0 spiro atoms.